The number of nitrogens with zero attached hydrogens (tertiary/aromatic N) is 1. The molecule has 0 N–H and O–H groups in total. The van der Waals surface area contributed by atoms with Crippen LogP contribution in [0.5, 0.6) is 5.75 Å². The second kappa shape index (κ2) is 6.45. The highest BCUT2D eigenvalue weighted by Crippen LogP contribution is 2.34. The Morgan fingerprint density at radius 2 is 2.10 bits per heavy atom. The maximum Gasteiger partial charge on any atom is 0.246 e. The molecule has 1 fully saturated rings. The average Bonchev–Trinajstić information content (AvgIpc) is 3.22. The van der Waals surface area contributed by atoms with E-state index in [0.29, 0.717) is 24.8 Å². The highest BCUT2D eigenvalue weighted by atomic mass is 79.9. The standard InChI is InChI=1S/C14H20BrNO3S/c1-3-8-16(10-11-4-5-11)20(17,18)14-9-12(15)6-7-13(14)19-2/h6-7,9,11H,3-5,8,10H2,1-2H3. The van der Waals surface area contributed by atoms with Crippen molar-refractivity contribution >= 4 is 26.0 Å². The van der Waals surface area contributed by atoms with Gasteiger partial charge >= 0.3 is 0 Å². The van der Waals surface area contributed by atoms with Gasteiger partial charge in [0, 0.05) is 17.6 Å². The van der Waals surface area contributed by atoms with Crippen molar-refractivity contribution < 1.29 is 13.2 Å². The van der Waals surface area contributed by atoms with Gasteiger partial charge in [0.1, 0.15) is 10.6 Å². The van der Waals surface area contributed by atoms with Gasteiger partial charge in [0.25, 0.3) is 0 Å². The molecule has 0 spiro atoms. The molecule has 0 heterocycles. The molecule has 0 radical (unpaired) electrons. The van der Waals surface area contributed by atoms with E-state index in [4.69, 9.17) is 4.74 Å². The summed E-state index contributed by atoms with van der Waals surface area (Å²) < 4.78 is 33.2. The predicted molar refractivity (Wildman–Crippen MR) is 82.5 cm³/mol. The summed E-state index contributed by atoms with van der Waals surface area (Å²) in [6.07, 6.45) is 3.07. The Hall–Kier alpha value is -0.590. The first-order valence-electron chi connectivity index (χ1n) is 6.82. The molecule has 1 aliphatic rings. The van der Waals surface area contributed by atoms with Gasteiger partial charge in [-0.2, -0.15) is 4.31 Å². The van der Waals surface area contributed by atoms with Crippen LogP contribution in [0.25, 0.3) is 0 Å². The molecule has 20 heavy (non-hydrogen) atoms. The largest absolute Gasteiger partial charge is 0.495 e. The topological polar surface area (TPSA) is 46.6 Å². The number of methoxy groups -OCH3 is 1. The number of hydrogen-bond donors (Lipinski definition) is 0. The average molecular weight is 362 g/mol. The summed E-state index contributed by atoms with van der Waals surface area (Å²) in [4.78, 5) is 0.239. The lowest BCUT2D eigenvalue weighted by Gasteiger charge is -2.22. The molecule has 1 aromatic carbocycles. The molecule has 1 aliphatic carbocycles. The van der Waals surface area contributed by atoms with Crippen molar-refractivity contribution in [2.75, 3.05) is 20.2 Å². The third-order valence-electron chi connectivity index (χ3n) is 3.38. The number of hydrogen-bond acceptors (Lipinski definition) is 3. The van der Waals surface area contributed by atoms with Crippen LogP contribution in [-0.4, -0.2) is 32.9 Å². The highest BCUT2D eigenvalue weighted by molar-refractivity contribution is 9.10. The number of benzene rings is 1. The molecular weight excluding hydrogens is 342 g/mol. The van der Waals surface area contributed by atoms with E-state index in [2.05, 4.69) is 15.9 Å². The van der Waals surface area contributed by atoms with Gasteiger partial charge in [-0.3, -0.25) is 0 Å². The Labute approximate surface area is 129 Å². The van der Waals surface area contributed by atoms with Crippen LogP contribution in [0.4, 0.5) is 0 Å². The summed E-state index contributed by atoms with van der Waals surface area (Å²) in [5.74, 6) is 0.916. The Morgan fingerprint density at radius 1 is 1.40 bits per heavy atom. The normalized spacial score (nSPS) is 15.6. The maximum atomic E-state index is 12.8. The Bertz CT molecular complexity index is 570. The first kappa shape index (κ1) is 15.8. The minimum atomic E-state index is -3.51. The van der Waals surface area contributed by atoms with Gasteiger partial charge in [-0.05, 0) is 43.4 Å². The Kier molecular flexibility index (Phi) is 5.09. The molecule has 1 aromatic rings. The number of rotatable bonds is 7. The fourth-order valence-corrected chi connectivity index (χ4v) is 4.44. The molecule has 2 rings (SSSR count). The van der Waals surface area contributed by atoms with E-state index < -0.39 is 10.0 Å². The van der Waals surface area contributed by atoms with Crippen molar-refractivity contribution in [3.8, 4) is 5.75 Å². The lowest BCUT2D eigenvalue weighted by Crippen LogP contribution is -2.34. The van der Waals surface area contributed by atoms with E-state index in [1.54, 1.807) is 22.5 Å². The predicted octanol–water partition coefficient (Wildman–Crippen LogP) is 3.27. The second-order valence-electron chi connectivity index (χ2n) is 5.10. The van der Waals surface area contributed by atoms with Crippen LogP contribution in [0.2, 0.25) is 0 Å². The summed E-state index contributed by atoms with van der Waals surface area (Å²) in [5, 5.41) is 0. The second-order valence-corrected chi connectivity index (χ2v) is 7.92. The number of halogens is 1. The number of ether oxygens (including phenoxy) is 1. The third-order valence-corrected chi connectivity index (χ3v) is 5.75. The van der Waals surface area contributed by atoms with Gasteiger partial charge in [0.15, 0.2) is 0 Å². The van der Waals surface area contributed by atoms with Crippen molar-refractivity contribution in [3.63, 3.8) is 0 Å². The van der Waals surface area contributed by atoms with Gasteiger partial charge in [-0.25, -0.2) is 8.42 Å². The molecule has 0 aliphatic heterocycles. The van der Waals surface area contributed by atoms with Gasteiger partial charge in [-0.15, -0.1) is 0 Å². The van der Waals surface area contributed by atoms with E-state index >= 15 is 0 Å². The van der Waals surface area contributed by atoms with Crippen molar-refractivity contribution in [2.45, 2.75) is 31.1 Å². The van der Waals surface area contributed by atoms with Crippen LogP contribution in [0.3, 0.4) is 0 Å². The molecule has 0 bridgehead atoms. The molecule has 0 aromatic heterocycles. The van der Waals surface area contributed by atoms with Crippen LogP contribution in [0.1, 0.15) is 26.2 Å². The van der Waals surface area contributed by atoms with E-state index in [9.17, 15) is 8.42 Å². The SMILES string of the molecule is CCCN(CC1CC1)S(=O)(=O)c1cc(Br)ccc1OC. The maximum absolute atomic E-state index is 12.8. The van der Waals surface area contributed by atoms with E-state index in [1.165, 1.54) is 7.11 Å². The van der Waals surface area contributed by atoms with Crippen LogP contribution in [0, 0.1) is 5.92 Å². The summed E-state index contributed by atoms with van der Waals surface area (Å²) >= 11 is 3.33. The fraction of sp³-hybridized carbons (Fsp3) is 0.571. The number of sulfonamides is 1. The monoisotopic (exact) mass is 361 g/mol. The molecule has 4 nitrogen and oxygen atoms in total. The third kappa shape index (κ3) is 3.54. The minimum Gasteiger partial charge on any atom is -0.495 e. The molecule has 0 atom stereocenters. The van der Waals surface area contributed by atoms with Gasteiger partial charge in [-0.1, -0.05) is 22.9 Å². The van der Waals surface area contributed by atoms with Crippen molar-refractivity contribution in [1.82, 2.24) is 4.31 Å². The molecule has 0 unspecified atom stereocenters. The summed E-state index contributed by atoms with van der Waals surface area (Å²) in [7, 11) is -2.01. The molecule has 1 saturated carbocycles. The van der Waals surface area contributed by atoms with E-state index in [0.717, 1.165) is 23.7 Å². The van der Waals surface area contributed by atoms with Crippen molar-refractivity contribution in [1.29, 1.82) is 0 Å². The first-order valence-corrected chi connectivity index (χ1v) is 9.06. The summed E-state index contributed by atoms with van der Waals surface area (Å²) in [6.45, 7) is 3.16. The molecule has 0 saturated heterocycles. The van der Waals surface area contributed by atoms with Crippen molar-refractivity contribution in [3.05, 3.63) is 22.7 Å². The summed E-state index contributed by atoms with van der Waals surface area (Å²) in [5.41, 5.74) is 0. The van der Waals surface area contributed by atoms with Crippen molar-refractivity contribution in [2.24, 2.45) is 5.92 Å². The zero-order chi connectivity index (χ0) is 14.8. The fourth-order valence-electron chi connectivity index (χ4n) is 2.14. The minimum absolute atomic E-state index is 0.239. The zero-order valence-corrected chi connectivity index (χ0v) is 14.2. The summed E-state index contributed by atoms with van der Waals surface area (Å²) in [6, 6.07) is 5.07. The Balaban J connectivity index is 2.37. The lowest BCUT2D eigenvalue weighted by atomic mass is 10.3. The van der Waals surface area contributed by atoms with Gasteiger partial charge in [0.2, 0.25) is 10.0 Å². The van der Waals surface area contributed by atoms with Crippen LogP contribution in [-0.2, 0) is 10.0 Å². The molecular formula is C14H20BrNO3S. The van der Waals surface area contributed by atoms with Crippen LogP contribution < -0.4 is 4.74 Å². The Morgan fingerprint density at radius 3 is 2.65 bits per heavy atom. The van der Waals surface area contributed by atoms with Gasteiger partial charge in [0.05, 0.1) is 7.11 Å². The first-order chi connectivity index (χ1) is 9.48. The highest BCUT2D eigenvalue weighted by Gasteiger charge is 2.32. The smallest absolute Gasteiger partial charge is 0.246 e. The van der Waals surface area contributed by atoms with Crippen LogP contribution >= 0.6 is 15.9 Å². The van der Waals surface area contributed by atoms with E-state index in [-0.39, 0.29) is 4.90 Å². The van der Waals surface area contributed by atoms with Crippen LogP contribution in [0.15, 0.2) is 27.6 Å². The quantitative estimate of drug-likeness (QED) is 0.748. The molecule has 112 valence electrons. The molecule has 0 amide bonds. The van der Waals surface area contributed by atoms with E-state index in [1.807, 2.05) is 6.92 Å². The zero-order valence-electron chi connectivity index (χ0n) is 11.8. The van der Waals surface area contributed by atoms with Gasteiger partial charge < -0.3 is 4.74 Å². The lowest BCUT2D eigenvalue weighted by molar-refractivity contribution is 0.380. The molecule has 6 heteroatoms.